The lowest BCUT2D eigenvalue weighted by Gasteiger charge is -2.45. The molecule has 2 aliphatic heterocycles. The number of nitrogens with zero attached hydrogens (tertiary/aromatic N) is 3. The van der Waals surface area contributed by atoms with E-state index in [0.29, 0.717) is 18.8 Å². The number of carbonyl (C=O) groups excluding carboxylic acids is 2. The van der Waals surface area contributed by atoms with E-state index in [2.05, 4.69) is 10.2 Å². The molecule has 0 saturated carbocycles. The lowest BCUT2D eigenvalue weighted by atomic mass is 9.96. The van der Waals surface area contributed by atoms with Gasteiger partial charge in [-0.1, -0.05) is 20.8 Å². The van der Waals surface area contributed by atoms with E-state index >= 15 is 0 Å². The van der Waals surface area contributed by atoms with Crippen molar-refractivity contribution in [1.29, 1.82) is 0 Å². The summed E-state index contributed by atoms with van der Waals surface area (Å²) in [7, 11) is -3.68. The van der Waals surface area contributed by atoms with Gasteiger partial charge in [-0.25, -0.2) is 8.42 Å². The van der Waals surface area contributed by atoms with Gasteiger partial charge in [0.25, 0.3) is 0 Å². The number of anilines is 2. The summed E-state index contributed by atoms with van der Waals surface area (Å²) in [4.78, 5) is 29.7. The van der Waals surface area contributed by atoms with E-state index in [4.69, 9.17) is 0 Å². The molecule has 1 saturated heterocycles. The minimum atomic E-state index is -3.68. The van der Waals surface area contributed by atoms with Crippen molar-refractivity contribution in [3.05, 3.63) is 18.2 Å². The number of carbonyl (C=O) groups is 2. The SMILES string of the molecule is CC[C@@H](C)NC(=O)CN1C(=O)[C@@H]2CCCCN2c2ccc(S(=O)(=O)N(CC)CC)cc21. The molecule has 1 aromatic rings. The standard InChI is InChI=1S/C22H34N4O4S/c1-5-16(4)23-21(27)15-26-20-14-17(31(29,30)24(6-2)7-3)11-12-18(20)25-13-9-8-10-19(25)22(26)28/h11-12,14,16,19H,5-10,13,15H2,1-4H3,(H,23,27)/t16-,19+/m1/s1. The van der Waals surface area contributed by atoms with Crippen LogP contribution in [0, 0.1) is 0 Å². The fraction of sp³-hybridized carbons (Fsp3) is 0.636. The molecule has 0 aromatic heterocycles. The van der Waals surface area contributed by atoms with Crippen molar-refractivity contribution in [2.45, 2.75) is 70.4 Å². The predicted molar refractivity (Wildman–Crippen MR) is 122 cm³/mol. The van der Waals surface area contributed by atoms with E-state index in [1.807, 2.05) is 13.8 Å². The summed E-state index contributed by atoms with van der Waals surface area (Å²) in [6.45, 7) is 8.86. The summed E-state index contributed by atoms with van der Waals surface area (Å²) in [5.41, 5.74) is 1.31. The molecule has 0 radical (unpaired) electrons. The molecule has 0 aliphatic carbocycles. The Hall–Kier alpha value is -2.13. The average Bonchev–Trinajstić information content (AvgIpc) is 2.76. The molecule has 2 atom stereocenters. The average molecular weight is 451 g/mol. The molecule has 0 unspecified atom stereocenters. The second kappa shape index (κ2) is 9.56. The third-order valence-electron chi connectivity index (χ3n) is 6.27. The van der Waals surface area contributed by atoms with Crippen molar-refractivity contribution in [3.8, 4) is 0 Å². The fourth-order valence-corrected chi connectivity index (χ4v) is 5.82. The molecule has 31 heavy (non-hydrogen) atoms. The third kappa shape index (κ3) is 4.57. The van der Waals surface area contributed by atoms with Gasteiger partial charge in [-0.15, -0.1) is 0 Å². The van der Waals surface area contributed by atoms with Gasteiger partial charge in [0.1, 0.15) is 12.6 Å². The summed E-state index contributed by atoms with van der Waals surface area (Å²) >= 11 is 0. The molecule has 8 nitrogen and oxygen atoms in total. The van der Waals surface area contributed by atoms with Crippen LogP contribution >= 0.6 is 0 Å². The summed E-state index contributed by atoms with van der Waals surface area (Å²) in [5, 5.41) is 2.91. The Labute approximate surface area is 185 Å². The Kier molecular flexibility index (Phi) is 7.26. The minimum Gasteiger partial charge on any atom is -0.358 e. The number of nitrogens with one attached hydrogen (secondary N) is 1. The molecule has 1 fully saturated rings. The first-order chi connectivity index (χ1) is 14.7. The molecule has 0 bridgehead atoms. The highest BCUT2D eigenvalue weighted by Crippen LogP contribution is 2.40. The molecule has 0 spiro atoms. The monoisotopic (exact) mass is 450 g/mol. The van der Waals surface area contributed by atoms with Crippen LogP contribution in [-0.4, -0.2) is 62.8 Å². The van der Waals surface area contributed by atoms with Gasteiger partial charge in [0.05, 0.1) is 16.3 Å². The second-order valence-electron chi connectivity index (χ2n) is 8.25. The zero-order valence-electron chi connectivity index (χ0n) is 18.9. The van der Waals surface area contributed by atoms with Crippen LogP contribution in [0.2, 0.25) is 0 Å². The summed E-state index contributed by atoms with van der Waals surface area (Å²) in [6, 6.07) is 4.67. The van der Waals surface area contributed by atoms with E-state index in [1.54, 1.807) is 32.0 Å². The summed E-state index contributed by atoms with van der Waals surface area (Å²) in [6.07, 6.45) is 3.47. The van der Waals surface area contributed by atoms with Crippen LogP contribution in [0.5, 0.6) is 0 Å². The highest BCUT2D eigenvalue weighted by molar-refractivity contribution is 7.89. The van der Waals surface area contributed by atoms with Gasteiger partial charge in [-0.05, 0) is 50.8 Å². The van der Waals surface area contributed by atoms with Crippen LogP contribution in [0.25, 0.3) is 0 Å². The smallest absolute Gasteiger partial charge is 0.250 e. The Morgan fingerprint density at radius 3 is 2.55 bits per heavy atom. The lowest BCUT2D eigenvalue weighted by molar-refractivity contribution is -0.125. The number of sulfonamides is 1. The number of rotatable bonds is 8. The number of fused-ring (bicyclic) bond motifs is 3. The molecule has 2 aliphatic rings. The van der Waals surface area contributed by atoms with Crippen LogP contribution in [0.3, 0.4) is 0 Å². The lowest BCUT2D eigenvalue weighted by Crippen LogP contribution is -2.57. The van der Waals surface area contributed by atoms with Gasteiger partial charge < -0.3 is 10.2 Å². The molecule has 172 valence electrons. The number of hydrogen-bond donors (Lipinski definition) is 1. The van der Waals surface area contributed by atoms with E-state index in [0.717, 1.165) is 37.9 Å². The van der Waals surface area contributed by atoms with E-state index < -0.39 is 10.0 Å². The maximum atomic E-state index is 13.4. The van der Waals surface area contributed by atoms with Crippen molar-refractivity contribution < 1.29 is 18.0 Å². The van der Waals surface area contributed by atoms with E-state index in [-0.39, 0.29) is 35.3 Å². The van der Waals surface area contributed by atoms with E-state index in [9.17, 15) is 18.0 Å². The fourth-order valence-electron chi connectivity index (χ4n) is 4.34. The van der Waals surface area contributed by atoms with Gasteiger partial charge in [0, 0.05) is 25.7 Å². The molecule has 2 heterocycles. The number of hydrogen-bond acceptors (Lipinski definition) is 5. The molecule has 9 heteroatoms. The number of piperidine rings is 1. The third-order valence-corrected chi connectivity index (χ3v) is 8.31. The summed E-state index contributed by atoms with van der Waals surface area (Å²) < 4.78 is 27.6. The van der Waals surface area contributed by atoms with Crippen molar-refractivity contribution in [3.63, 3.8) is 0 Å². The van der Waals surface area contributed by atoms with Gasteiger partial charge in [-0.2, -0.15) is 4.31 Å². The Balaban J connectivity index is 2.04. The molecule has 1 N–H and O–H groups in total. The molecular formula is C22H34N4O4S. The highest BCUT2D eigenvalue weighted by atomic mass is 32.2. The van der Waals surface area contributed by atoms with Crippen LogP contribution in [0.1, 0.15) is 53.4 Å². The maximum absolute atomic E-state index is 13.4. The minimum absolute atomic E-state index is 0.00687. The maximum Gasteiger partial charge on any atom is 0.250 e. The van der Waals surface area contributed by atoms with Crippen LogP contribution in [0.15, 0.2) is 23.1 Å². The normalized spacial score (nSPS) is 19.8. The van der Waals surface area contributed by atoms with Gasteiger partial charge >= 0.3 is 0 Å². The first kappa shape index (κ1) is 23.5. The Morgan fingerprint density at radius 2 is 1.90 bits per heavy atom. The molecule has 2 amide bonds. The van der Waals surface area contributed by atoms with Crippen molar-refractivity contribution in [2.24, 2.45) is 0 Å². The number of amides is 2. The second-order valence-corrected chi connectivity index (χ2v) is 10.2. The summed E-state index contributed by atoms with van der Waals surface area (Å²) in [5.74, 6) is -0.376. The van der Waals surface area contributed by atoms with Crippen LogP contribution < -0.4 is 15.1 Å². The molecule has 3 rings (SSSR count). The van der Waals surface area contributed by atoms with Crippen molar-refractivity contribution in [2.75, 3.05) is 36.0 Å². The van der Waals surface area contributed by atoms with E-state index in [1.165, 1.54) is 9.21 Å². The van der Waals surface area contributed by atoms with Gasteiger partial charge in [0.2, 0.25) is 21.8 Å². The molecular weight excluding hydrogens is 416 g/mol. The zero-order chi connectivity index (χ0) is 22.8. The Morgan fingerprint density at radius 1 is 1.19 bits per heavy atom. The largest absolute Gasteiger partial charge is 0.358 e. The van der Waals surface area contributed by atoms with Crippen molar-refractivity contribution >= 4 is 33.2 Å². The quantitative estimate of drug-likeness (QED) is 0.657. The van der Waals surface area contributed by atoms with Gasteiger partial charge in [-0.3, -0.25) is 14.5 Å². The first-order valence-corrected chi connectivity index (χ1v) is 12.7. The van der Waals surface area contributed by atoms with Crippen LogP contribution in [-0.2, 0) is 19.6 Å². The zero-order valence-corrected chi connectivity index (χ0v) is 19.7. The van der Waals surface area contributed by atoms with Crippen molar-refractivity contribution in [1.82, 2.24) is 9.62 Å². The predicted octanol–water partition coefficient (Wildman–Crippen LogP) is 2.34. The van der Waals surface area contributed by atoms with Crippen LogP contribution in [0.4, 0.5) is 11.4 Å². The number of benzene rings is 1. The highest BCUT2D eigenvalue weighted by Gasteiger charge is 2.40. The van der Waals surface area contributed by atoms with Gasteiger partial charge in [0.15, 0.2) is 0 Å². The first-order valence-electron chi connectivity index (χ1n) is 11.3. The molecule has 1 aromatic carbocycles. The Bertz CT molecular complexity index is 929. The topological polar surface area (TPSA) is 90.0 Å².